The van der Waals surface area contributed by atoms with E-state index in [2.05, 4.69) is 11.1 Å². The van der Waals surface area contributed by atoms with Gasteiger partial charge < -0.3 is 9.55 Å². The minimum atomic E-state index is -0.563. The second-order valence-corrected chi connectivity index (χ2v) is 9.11. The van der Waals surface area contributed by atoms with Crippen molar-refractivity contribution >= 4 is 43.6 Å². The number of aromatic nitrogens is 2. The number of hydrogen-bond acceptors (Lipinski definition) is 0. The lowest BCUT2D eigenvalue weighted by molar-refractivity contribution is 1.18. The van der Waals surface area contributed by atoms with Crippen LogP contribution < -0.4 is 0 Å². The lowest BCUT2D eigenvalue weighted by atomic mass is 9.93. The van der Waals surface area contributed by atoms with Gasteiger partial charge >= 0.3 is 0 Å². The van der Waals surface area contributed by atoms with Crippen LogP contribution in [0.3, 0.4) is 0 Å². The molecule has 0 fully saturated rings. The summed E-state index contributed by atoms with van der Waals surface area (Å²) in [5.74, 6) is 0. The van der Waals surface area contributed by atoms with Crippen molar-refractivity contribution in [1.82, 2.24) is 9.55 Å². The van der Waals surface area contributed by atoms with Gasteiger partial charge in [-0.25, -0.2) is 0 Å². The normalized spacial score (nSPS) is 15.4. The Balaban J connectivity index is 1.64. The van der Waals surface area contributed by atoms with Gasteiger partial charge in [0.2, 0.25) is 0 Å². The molecular weight excluding hydrogens is 460 g/mol. The number of rotatable bonds is 3. The van der Waals surface area contributed by atoms with E-state index in [1.54, 1.807) is 18.2 Å². The monoisotopic (exact) mass is 494 g/mol. The van der Waals surface area contributed by atoms with Crippen molar-refractivity contribution in [1.29, 1.82) is 0 Å². The van der Waals surface area contributed by atoms with Gasteiger partial charge in [-0.15, -0.1) is 0 Å². The standard InChI is InChI=1S/C36H24N2/c1-3-12-24(13-4-1)26-18-11-21-33(34(26)25-14-5-2-6-15-25)38-32-20-10-8-17-28(32)30-23-22-29-27-16-7-9-19-31(27)37-35(29)36(30)38/h1-23,37H/i1D,2D,3D,4D,5D,6D,12D,13D,14D,15D. The molecule has 0 unspecified atom stereocenters. The van der Waals surface area contributed by atoms with Gasteiger partial charge in [-0.1, -0.05) is 121 Å². The van der Waals surface area contributed by atoms with Crippen molar-refractivity contribution in [2.45, 2.75) is 0 Å². The van der Waals surface area contributed by atoms with Crippen LogP contribution in [0.15, 0.2) is 139 Å². The molecule has 0 radical (unpaired) electrons. The fourth-order valence-corrected chi connectivity index (χ4v) is 5.58. The Morgan fingerprint density at radius 1 is 0.553 bits per heavy atom. The first-order valence-corrected chi connectivity index (χ1v) is 12.2. The number of H-pyrrole nitrogens is 1. The van der Waals surface area contributed by atoms with Gasteiger partial charge in [-0.2, -0.15) is 0 Å². The third-order valence-electron chi connectivity index (χ3n) is 7.12. The van der Waals surface area contributed by atoms with Crippen molar-refractivity contribution < 1.29 is 13.7 Å². The van der Waals surface area contributed by atoms with E-state index in [0.717, 1.165) is 43.6 Å². The lowest BCUT2D eigenvalue weighted by Crippen LogP contribution is -1.99. The highest BCUT2D eigenvalue weighted by atomic mass is 15.0. The fourth-order valence-electron chi connectivity index (χ4n) is 5.58. The second kappa shape index (κ2) is 8.22. The zero-order chi connectivity index (χ0) is 33.8. The van der Waals surface area contributed by atoms with Gasteiger partial charge in [0.25, 0.3) is 0 Å². The lowest BCUT2D eigenvalue weighted by Gasteiger charge is -2.18. The molecule has 178 valence electrons. The van der Waals surface area contributed by atoms with Crippen molar-refractivity contribution in [3.8, 4) is 27.9 Å². The molecule has 0 aliphatic heterocycles. The smallest absolute Gasteiger partial charge is 0.0783 e. The molecule has 0 bridgehead atoms. The van der Waals surface area contributed by atoms with Gasteiger partial charge in [-0.05, 0) is 34.9 Å². The highest BCUT2D eigenvalue weighted by molar-refractivity contribution is 6.23. The molecular formula is C36H24N2. The molecule has 8 aromatic rings. The zero-order valence-electron chi connectivity index (χ0n) is 30.0. The van der Waals surface area contributed by atoms with Gasteiger partial charge in [-0.3, -0.25) is 0 Å². The van der Waals surface area contributed by atoms with E-state index >= 15 is 0 Å². The van der Waals surface area contributed by atoms with Gasteiger partial charge in [0.05, 0.1) is 35.9 Å². The molecule has 38 heavy (non-hydrogen) atoms. The van der Waals surface area contributed by atoms with Crippen molar-refractivity contribution in [3.05, 3.63) is 139 Å². The van der Waals surface area contributed by atoms with Gasteiger partial charge in [0.1, 0.15) is 0 Å². The van der Waals surface area contributed by atoms with Crippen LogP contribution in [0, 0.1) is 0 Å². The van der Waals surface area contributed by atoms with Crippen LogP contribution >= 0.6 is 0 Å². The van der Waals surface area contributed by atoms with E-state index in [-0.39, 0.29) is 22.3 Å². The maximum atomic E-state index is 9.02. The summed E-state index contributed by atoms with van der Waals surface area (Å²) in [6, 6.07) is 19.6. The summed E-state index contributed by atoms with van der Waals surface area (Å²) in [6.45, 7) is 0. The molecule has 2 aromatic heterocycles. The number of fused-ring (bicyclic) bond motifs is 7. The summed E-state index contributed by atoms with van der Waals surface area (Å²) in [7, 11) is 0. The Bertz CT molecular complexity index is 2630. The third kappa shape index (κ3) is 3.01. The first-order chi connectivity index (χ1) is 23.0. The average Bonchev–Trinajstić information content (AvgIpc) is 3.65. The minimum Gasteiger partial charge on any atom is -0.353 e. The van der Waals surface area contributed by atoms with E-state index < -0.39 is 60.4 Å². The summed E-state index contributed by atoms with van der Waals surface area (Å²) in [6.07, 6.45) is 0. The SMILES string of the molecule is [2H]c1c([2H])c([2H])c(-c2cccc(-n3c4ccccc4c4ccc5c6ccccc6[nH]c5c43)c2-c2c([2H])c([2H])c([2H])c([2H])c2[2H])c([2H])c1[2H]. The summed E-state index contributed by atoms with van der Waals surface area (Å²) in [4.78, 5) is 3.58. The molecule has 1 N–H and O–H groups in total. The fraction of sp³-hybridized carbons (Fsp3) is 0. The van der Waals surface area contributed by atoms with Crippen LogP contribution in [0.4, 0.5) is 0 Å². The largest absolute Gasteiger partial charge is 0.353 e. The second-order valence-electron chi connectivity index (χ2n) is 9.11. The van der Waals surface area contributed by atoms with Crippen LogP contribution in [0.5, 0.6) is 0 Å². The maximum absolute atomic E-state index is 9.02. The molecule has 2 nitrogen and oxygen atoms in total. The molecule has 0 spiro atoms. The Labute approximate surface area is 234 Å². The Hall–Kier alpha value is -5.08. The highest BCUT2D eigenvalue weighted by Gasteiger charge is 2.21. The topological polar surface area (TPSA) is 20.7 Å². The van der Waals surface area contributed by atoms with E-state index in [4.69, 9.17) is 13.7 Å². The molecule has 0 atom stereocenters. The highest BCUT2D eigenvalue weighted by Crippen LogP contribution is 2.43. The Morgan fingerprint density at radius 3 is 2.05 bits per heavy atom. The van der Waals surface area contributed by atoms with Gasteiger partial charge in [0.15, 0.2) is 0 Å². The van der Waals surface area contributed by atoms with Crippen molar-refractivity contribution in [3.63, 3.8) is 0 Å². The number of nitrogens with one attached hydrogen (secondary N) is 1. The van der Waals surface area contributed by atoms with Gasteiger partial charge in [0, 0.05) is 32.6 Å². The molecule has 2 heteroatoms. The number of aromatic amines is 1. The van der Waals surface area contributed by atoms with Crippen LogP contribution in [-0.4, -0.2) is 9.55 Å². The predicted octanol–water partition coefficient (Wildman–Crippen LogP) is 9.75. The number of nitrogens with zero attached hydrogens (tertiary/aromatic N) is 1. The van der Waals surface area contributed by atoms with E-state index in [1.807, 2.05) is 59.2 Å². The zero-order valence-corrected chi connectivity index (χ0v) is 20.0. The van der Waals surface area contributed by atoms with Crippen LogP contribution in [-0.2, 0) is 0 Å². The summed E-state index contributed by atoms with van der Waals surface area (Å²) >= 11 is 0. The average molecular weight is 495 g/mol. The van der Waals surface area contributed by atoms with E-state index in [9.17, 15) is 0 Å². The molecule has 8 rings (SSSR count). The number of benzene rings is 6. The van der Waals surface area contributed by atoms with Crippen LogP contribution in [0.1, 0.15) is 13.7 Å². The molecule has 2 heterocycles. The Kier molecular flexibility index (Phi) is 2.91. The first kappa shape index (κ1) is 13.5. The molecule has 0 aliphatic carbocycles. The molecule has 0 amide bonds. The maximum Gasteiger partial charge on any atom is 0.0783 e. The quantitative estimate of drug-likeness (QED) is 0.252. The minimum absolute atomic E-state index is 0.137. The first-order valence-electron chi connectivity index (χ1n) is 17.2. The third-order valence-corrected chi connectivity index (χ3v) is 7.12. The van der Waals surface area contributed by atoms with E-state index in [0.29, 0.717) is 5.69 Å². The molecule has 6 aromatic carbocycles. The summed E-state index contributed by atoms with van der Waals surface area (Å²) < 4.78 is 88.1. The summed E-state index contributed by atoms with van der Waals surface area (Å²) in [5.41, 5.74) is 3.70. The van der Waals surface area contributed by atoms with Crippen molar-refractivity contribution in [2.24, 2.45) is 0 Å². The molecule has 0 saturated carbocycles. The molecule has 0 saturated heterocycles. The number of hydrogen-bond donors (Lipinski definition) is 1. The Morgan fingerprint density at radius 2 is 1.24 bits per heavy atom. The molecule has 0 aliphatic rings. The van der Waals surface area contributed by atoms with Crippen LogP contribution in [0.25, 0.3) is 71.6 Å². The van der Waals surface area contributed by atoms with E-state index in [1.165, 1.54) is 0 Å². The van der Waals surface area contributed by atoms with Crippen molar-refractivity contribution in [2.75, 3.05) is 0 Å². The predicted molar refractivity (Wildman–Crippen MR) is 161 cm³/mol. The number of para-hydroxylation sites is 2. The summed E-state index contributed by atoms with van der Waals surface area (Å²) in [5, 5.41) is 3.80. The van der Waals surface area contributed by atoms with Crippen LogP contribution in [0.2, 0.25) is 0 Å².